The van der Waals surface area contributed by atoms with Gasteiger partial charge in [0.05, 0.1) is 6.10 Å². The number of nitrogens with zero attached hydrogens (tertiary/aromatic N) is 1. The minimum atomic E-state index is -0.367. The van der Waals surface area contributed by atoms with Gasteiger partial charge in [-0.05, 0) is 43.0 Å². The van der Waals surface area contributed by atoms with Crippen LogP contribution in [0.15, 0.2) is 18.2 Å². The van der Waals surface area contributed by atoms with Gasteiger partial charge in [-0.25, -0.2) is 0 Å². The quantitative estimate of drug-likeness (QED) is 0.843. The standard InChI is InChI=1S/C17H24N2O3/c1-3-14(20)7-9-18-17(22)13-5-6-15-12(11-13)8-10-19(15)16(21)4-2/h5-6,11,14,20H,3-4,7-10H2,1-2H3,(H,18,22). The Morgan fingerprint density at radius 3 is 2.82 bits per heavy atom. The van der Waals surface area contributed by atoms with Crippen LogP contribution in [-0.2, 0) is 11.2 Å². The number of aliphatic hydroxyl groups excluding tert-OH is 1. The highest BCUT2D eigenvalue weighted by Gasteiger charge is 2.24. The molecule has 0 bridgehead atoms. The van der Waals surface area contributed by atoms with Crippen molar-refractivity contribution in [3.05, 3.63) is 29.3 Å². The summed E-state index contributed by atoms with van der Waals surface area (Å²) in [6.45, 7) is 4.92. The summed E-state index contributed by atoms with van der Waals surface area (Å²) in [5.41, 5.74) is 2.57. The van der Waals surface area contributed by atoms with Gasteiger partial charge in [-0.2, -0.15) is 0 Å². The van der Waals surface area contributed by atoms with Crippen molar-refractivity contribution in [3.63, 3.8) is 0 Å². The molecule has 0 radical (unpaired) electrons. The number of carbonyl (C=O) groups excluding carboxylic acids is 2. The Hall–Kier alpha value is -1.88. The Bertz CT molecular complexity index is 557. The third-order valence-electron chi connectivity index (χ3n) is 4.08. The molecule has 0 aliphatic carbocycles. The van der Waals surface area contributed by atoms with Gasteiger partial charge in [0.1, 0.15) is 0 Å². The van der Waals surface area contributed by atoms with Crippen LogP contribution in [0.2, 0.25) is 0 Å². The molecule has 1 heterocycles. The van der Waals surface area contributed by atoms with Crippen molar-refractivity contribution in [3.8, 4) is 0 Å². The van der Waals surface area contributed by atoms with Gasteiger partial charge in [0.2, 0.25) is 5.91 Å². The maximum atomic E-state index is 12.1. The molecule has 0 saturated carbocycles. The Kier molecular flexibility index (Phi) is 5.55. The first-order chi connectivity index (χ1) is 10.6. The van der Waals surface area contributed by atoms with E-state index in [4.69, 9.17) is 0 Å². The molecule has 5 nitrogen and oxygen atoms in total. The Balaban J connectivity index is 2.00. The molecule has 1 atom stereocenters. The zero-order valence-corrected chi connectivity index (χ0v) is 13.3. The Morgan fingerprint density at radius 2 is 2.14 bits per heavy atom. The number of aliphatic hydroxyl groups is 1. The van der Waals surface area contributed by atoms with Crippen molar-refractivity contribution in [1.29, 1.82) is 0 Å². The van der Waals surface area contributed by atoms with E-state index in [0.29, 0.717) is 37.9 Å². The summed E-state index contributed by atoms with van der Waals surface area (Å²) in [7, 11) is 0. The van der Waals surface area contributed by atoms with Gasteiger partial charge in [0.25, 0.3) is 5.91 Å². The van der Waals surface area contributed by atoms with E-state index in [9.17, 15) is 14.7 Å². The van der Waals surface area contributed by atoms with Crippen LogP contribution in [0.25, 0.3) is 0 Å². The van der Waals surface area contributed by atoms with Crippen LogP contribution in [0.3, 0.4) is 0 Å². The average molecular weight is 304 g/mol. The van der Waals surface area contributed by atoms with Gasteiger partial charge in [-0.15, -0.1) is 0 Å². The summed E-state index contributed by atoms with van der Waals surface area (Å²) < 4.78 is 0. The van der Waals surface area contributed by atoms with Crippen LogP contribution in [-0.4, -0.2) is 36.1 Å². The molecule has 1 aliphatic heterocycles. The predicted octanol–water partition coefficient (Wildman–Crippen LogP) is 1.88. The van der Waals surface area contributed by atoms with Crippen molar-refractivity contribution < 1.29 is 14.7 Å². The molecule has 2 rings (SSSR count). The van der Waals surface area contributed by atoms with E-state index in [1.807, 2.05) is 26.0 Å². The normalized spacial score (nSPS) is 14.6. The molecule has 120 valence electrons. The maximum absolute atomic E-state index is 12.1. The van der Waals surface area contributed by atoms with Crippen LogP contribution < -0.4 is 10.2 Å². The number of nitrogens with one attached hydrogen (secondary N) is 1. The van der Waals surface area contributed by atoms with Crippen molar-refractivity contribution in [2.75, 3.05) is 18.0 Å². The topological polar surface area (TPSA) is 69.6 Å². The third kappa shape index (κ3) is 3.65. The van der Waals surface area contributed by atoms with Crippen molar-refractivity contribution >= 4 is 17.5 Å². The molecule has 0 saturated heterocycles. The van der Waals surface area contributed by atoms with E-state index in [2.05, 4.69) is 5.32 Å². The fourth-order valence-corrected chi connectivity index (χ4v) is 2.65. The molecule has 2 N–H and O–H groups in total. The van der Waals surface area contributed by atoms with E-state index in [0.717, 1.165) is 17.7 Å². The summed E-state index contributed by atoms with van der Waals surface area (Å²) in [6, 6.07) is 5.47. The Morgan fingerprint density at radius 1 is 1.36 bits per heavy atom. The molecule has 1 aromatic rings. The lowest BCUT2D eigenvalue weighted by molar-refractivity contribution is -0.118. The molecule has 0 spiro atoms. The highest BCUT2D eigenvalue weighted by molar-refractivity contribution is 5.98. The predicted molar refractivity (Wildman–Crippen MR) is 86.0 cm³/mol. The van der Waals surface area contributed by atoms with Crippen LogP contribution in [0.1, 0.15) is 49.0 Å². The lowest BCUT2D eigenvalue weighted by atomic mass is 10.1. The molecule has 5 heteroatoms. The molecule has 1 aliphatic rings. The van der Waals surface area contributed by atoms with E-state index in [-0.39, 0.29) is 17.9 Å². The fraction of sp³-hybridized carbons (Fsp3) is 0.529. The number of anilines is 1. The van der Waals surface area contributed by atoms with Gasteiger partial charge in [-0.3, -0.25) is 9.59 Å². The molecule has 0 fully saturated rings. The minimum absolute atomic E-state index is 0.115. The second kappa shape index (κ2) is 7.40. The number of rotatable bonds is 6. The summed E-state index contributed by atoms with van der Waals surface area (Å²) >= 11 is 0. The molecule has 0 aromatic heterocycles. The van der Waals surface area contributed by atoms with Gasteiger partial charge in [0.15, 0.2) is 0 Å². The number of hydrogen-bond acceptors (Lipinski definition) is 3. The monoisotopic (exact) mass is 304 g/mol. The largest absolute Gasteiger partial charge is 0.393 e. The number of hydrogen-bond donors (Lipinski definition) is 2. The molecule has 1 unspecified atom stereocenters. The first-order valence-corrected chi connectivity index (χ1v) is 7.96. The van der Waals surface area contributed by atoms with Crippen molar-refractivity contribution in [2.45, 2.75) is 45.6 Å². The third-order valence-corrected chi connectivity index (χ3v) is 4.08. The summed E-state index contributed by atoms with van der Waals surface area (Å²) in [6.07, 6.45) is 2.16. The molecular formula is C17H24N2O3. The fourth-order valence-electron chi connectivity index (χ4n) is 2.65. The lowest BCUT2D eigenvalue weighted by Crippen LogP contribution is -2.28. The maximum Gasteiger partial charge on any atom is 0.251 e. The summed E-state index contributed by atoms with van der Waals surface area (Å²) in [5.74, 6) is -0.0177. The van der Waals surface area contributed by atoms with Crippen LogP contribution >= 0.6 is 0 Å². The van der Waals surface area contributed by atoms with Gasteiger partial charge < -0.3 is 15.3 Å². The SMILES string of the molecule is CCC(=O)N1CCc2cc(C(=O)NCCC(O)CC)ccc21. The van der Waals surface area contributed by atoms with Crippen molar-refractivity contribution in [2.24, 2.45) is 0 Å². The summed E-state index contributed by atoms with van der Waals surface area (Å²) in [4.78, 5) is 25.8. The average Bonchev–Trinajstić information content (AvgIpc) is 2.96. The minimum Gasteiger partial charge on any atom is -0.393 e. The van der Waals surface area contributed by atoms with E-state index in [1.165, 1.54) is 0 Å². The molecule has 1 aromatic carbocycles. The second-order valence-corrected chi connectivity index (χ2v) is 5.60. The van der Waals surface area contributed by atoms with E-state index in [1.54, 1.807) is 11.0 Å². The first-order valence-electron chi connectivity index (χ1n) is 7.96. The van der Waals surface area contributed by atoms with Gasteiger partial charge >= 0.3 is 0 Å². The number of amides is 2. The molecular weight excluding hydrogens is 280 g/mol. The van der Waals surface area contributed by atoms with E-state index < -0.39 is 0 Å². The van der Waals surface area contributed by atoms with Gasteiger partial charge in [-0.1, -0.05) is 13.8 Å². The van der Waals surface area contributed by atoms with Gasteiger partial charge in [0, 0.05) is 30.8 Å². The molecule has 2 amide bonds. The van der Waals surface area contributed by atoms with E-state index >= 15 is 0 Å². The number of carbonyl (C=O) groups is 2. The number of benzene rings is 1. The smallest absolute Gasteiger partial charge is 0.251 e. The lowest BCUT2D eigenvalue weighted by Gasteiger charge is -2.16. The highest BCUT2D eigenvalue weighted by atomic mass is 16.3. The van der Waals surface area contributed by atoms with Crippen molar-refractivity contribution in [1.82, 2.24) is 5.32 Å². The number of fused-ring (bicyclic) bond motifs is 1. The first kappa shape index (κ1) is 16.5. The summed E-state index contributed by atoms with van der Waals surface area (Å²) in [5, 5.41) is 12.3. The highest BCUT2D eigenvalue weighted by Crippen LogP contribution is 2.29. The van der Waals surface area contributed by atoms with Crippen LogP contribution in [0.5, 0.6) is 0 Å². The second-order valence-electron chi connectivity index (χ2n) is 5.60. The molecule has 22 heavy (non-hydrogen) atoms. The van der Waals surface area contributed by atoms with Crippen LogP contribution in [0, 0.1) is 0 Å². The zero-order chi connectivity index (χ0) is 16.1. The zero-order valence-electron chi connectivity index (χ0n) is 13.3. The Labute approximate surface area is 131 Å². The van der Waals surface area contributed by atoms with Crippen LogP contribution in [0.4, 0.5) is 5.69 Å².